The third-order valence-corrected chi connectivity index (χ3v) is 4.26. The molecule has 1 fully saturated rings. The Hall–Kier alpha value is -1.44. The number of nitrogens with zero attached hydrogens (tertiary/aromatic N) is 4. The number of hydrogen-bond donors (Lipinski definition) is 1. The van der Waals surface area contributed by atoms with Crippen LogP contribution in [-0.2, 0) is 4.74 Å². The molecule has 108 valence electrons. The fourth-order valence-electron chi connectivity index (χ4n) is 2.25. The molecule has 7 heteroatoms. The number of thiophene rings is 1. The summed E-state index contributed by atoms with van der Waals surface area (Å²) in [6.07, 6.45) is 0. The average molecular weight is 294 g/mol. The minimum absolute atomic E-state index is 0.0917. The molecular weight excluding hydrogens is 276 g/mol. The van der Waals surface area contributed by atoms with Gasteiger partial charge in [0.15, 0.2) is 5.82 Å². The van der Waals surface area contributed by atoms with Gasteiger partial charge in [0, 0.05) is 26.7 Å². The molecule has 1 aliphatic rings. The van der Waals surface area contributed by atoms with Crippen LogP contribution < -0.4 is 9.80 Å². The van der Waals surface area contributed by atoms with Crippen molar-refractivity contribution in [3.63, 3.8) is 0 Å². The number of aliphatic hydroxyl groups excluding tert-OH is 1. The van der Waals surface area contributed by atoms with E-state index in [1.165, 1.54) is 0 Å². The lowest BCUT2D eigenvalue weighted by atomic mass is 10.3. The van der Waals surface area contributed by atoms with Gasteiger partial charge in [-0.2, -0.15) is 4.98 Å². The first kappa shape index (κ1) is 13.5. The first-order valence-electron chi connectivity index (χ1n) is 6.69. The fourth-order valence-corrected chi connectivity index (χ4v) is 3.09. The van der Waals surface area contributed by atoms with E-state index in [0.29, 0.717) is 12.5 Å². The van der Waals surface area contributed by atoms with Gasteiger partial charge in [-0.25, -0.2) is 4.98 Å². The van der Waals surface area contributed by atoms with Crippen molar-refractivity contribution in [3.05, 3.63) is 11.4 Å². The van der Waals surface area contributed by atoms with Gasteiger partial charge < -0.3 is 19.6 Å². The van der Waals surface area contributed by atoms with E-state index in [1.54, 1.807) is 11.3 Å². The summed E-state index contributed by atoms with van der Waals surface area (Å²) in [6.45, 7) is 3.80. The molecular formula is C13H18N4O2S. The van der Waals surface area contributed by atoms with Crippen LogP contribution in [0.5, 0.6) is 0 Å². The highest BCUT2D eigenvalue weighted by Gasteiger charge is 2.19. The third kappa shape index (κ3) is 2.56. The maximum Gasteiger partial charge on any atom is 0.227 e. The quantitative estimate of drug-likeness (QED) is 0.906. The maximum atomic E-state index is 9.07. The van der Waals surface area contributed by atoms with Crippen LogP contribution in [0.3, 0.4) is 0 Å². The van der Waals surface area contributed by atoms with Gasteiger partial charge in [0.2, 0.25) is 5.95 Å². The standard InChI is InChI=1S/C13H18N4O2S/c1-16(3-6-18)13-14-10-2-9-20-11(10)12(15-13)17-4-7-19-8-5-17/h2,9,18H,3-8H2,1H3. The number of likely N-dealkylation sites (N-methyl/N-ethyl adjacent to an activating group) is 1. The van der Waals surface area contributed by atoms with Crippen LogP contribution in [0.2, 0.25) is 0 Å². The van der Waals surface area contributed by atoms with E-state index in [9.17, 15) is 0 Å². The lowest BCUT2D eigenvalue weighted by Crippen LogP contribution is -2.37. The monoisotopic (exact) mass is 294 g/mol. The van der Waals surface area contributed by atoms with Crippen LogP contribution in [-0.4, -0.2) is 61.6 Å². The Bertz CT molecular complexity index is 583. The highest BCUT2D eigenvalue weighted by atomic mass is 32.1. The number of fused-ring (bicyclic) bond motifs is 1. The minimum Gasteiger partial charge on any atom is -0.395 e. The van der Waals surface area contributed by atoms with Crippen molar-refractivity contribution < 1.29 is 9.84 Å². The van der Waals surface area contributed by atoms with E-state index in [-0.39, 0.29) is 6.61 Å². The molecule has 20 heavy (non-hydrogen) atoms. The van der Waals surface area contributed by atoms with Gasteiger partial charge in [-0.1, -0.05) is 0 Å². The second kappa shape index (κ2) is 5.90. The van der Waals surface area contributed by atoms with Gasteiger partial charge in [-0.15, -0.1) is 11.3 Å². The van der Waals surface area contributed by atoms with Crippen molar-refractivity contribution in [3.8, 4) is 0 Å². The van der Waals surface area contributed by atoms with Crippen molar-refractivity contribution in [2.24, 2.45) is 0 Å². The third-order valence-electron chi connectivity index (χ3n) is 3.36. The van der Waals surface area contributed by atoms with Gasteiger partial charge in [0.1, 0.15) is 0 Å². The van der Waals surface area contributed by atoms with Crippen molar-refractivity contribution in [1.29, 1.82) is 0 Å². The first-order valence-corrected chi connectivity index (χ1v) is 7.57. The van der Waals surface area contributed by atoms with Crippen LogP contribution in [0.4, 0.5) is 11.8 Å². The van der Waals surface area contributed by atoms with E-state index in [1.807, 2.05) is 23.4 Å². The Balaban J connectivity index is 2.01. The molecule has 0 spiro atoms. The van der Waals surface area contributed by atoms with E-state index in [0.717, 1.165) is 42.3 Å². The summed E-state index contributed by atoms with van der Waals surface area (Å²) in [5, 5.41) is 11.1. The number of morpholine rings is 1. The topological polar surface area (TPSA) is 61.7 Å². The Labute approximate surface area is 121 Å². The van der Waals surface area contributed by atoms with E-state index in [4.69, 9.17) is 14.8 Å². The molecule has 1 saturated heterocycles. The van der Waals surface area contributed by atoms with Crippen molar-refractivity contribution >= 4 is 33.3 Å². The highest BCUT2D eigenvalue weighted by Crippen LogP contribution is 2.31. The van der Waals surface area contributed by atoms with E-state index >= 15 is 0 Å². The molecule has 0 radical (unpaired) electrons. The van der Waals surface area contributed by atoms with E-state index < -0.39 is 0 Å². The van der Waals surface area contributed by atoms with Gasteiger partial charge in [-0.05, 0) is 11.4 Å². The van der Waals surface area contributed by atoms with Gasteiger partial charge >= 0.3 is 0 Å². The number of ether oxygens (including phenoxy) is 1. The summed E-state index contributed by atoms with van der Waals surface area (Å²) in [5.74, 6) is 1.64. The fraction of sp³-hybridized carbons (Fsp3) is 0.538. The molecule has 1 aliphatic heterocycles. The van der Waals surface area contributed by atoms with Crippen molar-refractivity contribution in [1.82, 2.24) is 9.97 Å². The predicted octanol–water partition coefficient (Wildman–Crippen LogP) is 0.956. The van der Waals surface area contributed by atoms with E-state index in [2.05, 4.69) is 9.88 Å². The summed E-state index contributed by atoms with van der Waals surface area (Å²) >= 11 is 1.67. The van der Waals surface area contributed by atoms with Crippen LogP contribution in [0, 0.1) is 0 Å². The largest absolute Gasteiger partial charge is 0.395 e. The first-order chi connectivity index (χ1) is 9.79. The molecule has 2 aromatic rings. The lowest BCUT2D eigenvalue weighted by molar-refractivity contribution is 0.122. The Morgan fingerprint density at radius 1 is 1.40 bits per heavy atom. The Morgan fingerprint density at radius 2 is 2.20 bits per heavy atom. The summed E-state index contributed by atoms with van der Waals surface area (Å²) in [7, 11) is 1.90. The second-order valence-corrected chi connectivity index (χ2v) is 5.64. The molecule has 6 nitrogen and oxygen atoms in total. The minimum atomic E-state index is 0.0917. The number of anilines is 2. The normalized spacial score (nSPS) is 15.8. The Morgan fingerprint density at radius 3 is 2.95 bits per heavy atom. The molecule has 0 bridgehead atoms. The Kier molecular flexibility index (Phi) is 4.00. The summed E-state index contributed by atoms with van der Waals surface area (Å²) < 4.78 is 6.52. The molecule has 0 unspecified atom stereocenters. The summed E-state index contributed by atoms with van der Waals surface area (Å²) in [5.41, 5.74) is 0.964. The zero-order valence-electron chi connectivity index (χ0n) is 11.4. The number of aliphatic hydroxyl groups is 1. The molecule has 0 aliphatic carbocycles. The second-order valence-electron chi connectivity index (χ2n) is 4.73. The highest BCUT2D eigenvalue weighted by molar-refractivity contribution is 7.17. The van der Waals surface area contributed by atoms with Crippen LogP contribution >= 0.6 is 11.3 Å². The lowest BCUT2D eigenvalue weighted by Gasteiger charge is -2.29. The number of aromatic nitrogens is 2. The molecule has 0 amide bonds. The van der Waals surface area contributed by atoms with Crippen LogP contribution in [0.25, 0.3) is 10.2 Å². The van der Waals surface area contributed by atoms with Crippen molar-refractivity contribution in [2.75, 3.05) is 56.3 Å². The average Bonchev–Trinajstić information content (AvgIpc) is 2.95. The summed E-state index contributed by atoms with van der Waals surface area (Å²) in [4.78, 5) is 13.4. The van der Waals surface area contributed by atoms with Crippen molar-refractivity contribution in [2.45, 2.75) is 0 Å². The molecule has 0 aromatic carbocycles. The molecule has 0 atom stereocenters. The molecule has 1 N–H and O–H groups in total. The summed E-state index contributed by atoms with van der Waals surface area (Å²) in [6, 6.07) is 2.02. The van der Waals surface area contributed by atoms with Gasteiger partial charge in [0.05, 0.1) is 30.0 Å². The zero-order chi connectivity index (χ0) is 13.9. The van der Waals surface area contributed by atoms with Crippen LogP contribution in [0.15, 0.2) is 11.4 Å². The smallest absolute Gasteiger partial charge is 0.227 e. The number of rotatable bonds is 4. The molecule has 0 saturated carbocycles. The molecule has 3 rings (SSSR count). The predicted molar refractivity (Wildman–Crippen MR) is 80.8 cm³/mol. The SMILES string of the molecule is CN(CCO)c1nc(N2CCOCC2)c2sccc2n1. The molecule has 3 heterocycles. The maximum absolute atomic E-state index is 9.07. The van der Waals surface area contributed by atoms with Gasteiger partial charge in [0.25, 0.3) is 0 Å². The zero-order valence-corrected chi connectivity index (χ0v) is 12.3. The number of hydrogen-bond acceptors (Lipinski definition) is 7. The molecule has 2 aromatic heterocycles. The van der Waals surface area contributed by atoms with Crippen LogP contribution in [0.1, 0.15) is 0 Å². The van der Waals surface area contributed by atoms with Gasteiger partial charge in [-0.3, -0.25) is 0 Å².